The van der Waals surface area contributed by atoms with Gasteiger partial charge in [-0.2, -0.15) is 0 Å². The standard InChI is InChI=1S/C15H12ClFO3/c1-9-6-12(17)4-5-14(9)20-8-11-3-2-10(15(18)19)7-13(11)16/h2-7H,8H2,1H3,(H,18,19). The van der Waals surface area contributed by atoms with E-state index in [1.807, 2.05) is 0 Å². The summed E-state index contributed by atoms with van der Waals surface area (Å²) in [6.07, 6.45) is 0. The van der Waals surface area contributed by atoms with E-state index in [2.05, 4.69) is 0 Å². The van der Waals surface area contributed by atoms with Crippen LogP contribution in [0.25, 0.3) is 0 Å². The van der Waals surface area contributed by atoms with Gasteiger partial charge in [0.1, 0.15) is 18.2 Å². The van der Waals surface area contributed by atoms with Gasteiger partial charge < -0.3 is 9.84 Å². The lowest BCUT2D eigenvalue weighted by atomic mass is 10.1. The Labute approximate surface area is 120 Å². The third kappa shape index (κ3) is 3.27. The van der Waals surface area contributed by atoms with Gasteiger partial charge >= 0.3 is 5.97 Å². The molecule has 0 radical (unpaired) electrons. The van der Waals surface area contributed by atoms with Crippen LogP contribution in [0.4, 0.5) is 4.39 Å². The molecule has 2 aromatic rings. The summed E-state index contributed by atoms with van der Waals surface area (Å²) >= 11 is 6.00. The number of carboxylic acids is 1. The smallest absolute Gasteiger partial charge is 0.335 e. The van der Waals surface area contributed by atoms with Gasteiger partial charge in [-0.25, -0.2) is 9.18 Å². The lowest BCUT2D eigenvalue weighted by molar-refractivity contribution is 0.0697. The monoisotopic (exact) mass is 294 g/mol. The van der Waals surface area contributed by atoms with E-state index in [1.165, 1.54) is 24.3 Å². The van der Waals surface area contributed by atoms with Gasteiger partial charge in [-0.05, 0) is 42.8 Å². The van der Waals surface area contributed by atoms with Crippen molar-refractivity contribution in [2.24, 2.45) is 0 Å². The summed E-state index contributed by atoms with van der Waals surface area (Å²) < 4.78 is 18.5. The molecule has 0 aliphatic rings. The largest absolute Gasteiger partial charge is 0.489 e. The molecule has 0 heterocycles. The van der Waals surface area contributed by atoms with Crippen molar-refractivity contribution in [2.45, 2.75) is 13.5 Å². The number of aromatic carboxylic acids is 1. The molecular weight excluding hydrogens is 283 g/mol. The first-order valence-electron chi connectivity index (χ1n) is 5.88. The molecular formula is C15H12ClFO3. The predicted molar refractivity (Wildman–Crippen MR) is 73.9 cm³/mol. The maximum Gasteiger partial charge on any atom is 0.335 e. The van der Waals surface area contributed by atoms with Gasteiger partial charge in [0, 0.05) is 10.6 Å². The minimum absolute atomic E-state index is 0.122. The SMILES string of the molecule is Cc1cc(F)ccc1OCc1ccc(C(=O)O)cc1Cl. The Bertz CT molecular complexity index is 656. The van der Waals surface area contributed by atoms with Gasteiger partial charge in [0.2, 0.25) is 0 Å². The van der Waals surface area contributed by atoms with Crippen molar-refractivity contribution < 1.29 is 19.0 Å². The van der Waals surface area contributed by atoms with E-state index in [0.717, 1.165) is 0 Å². The Kier molecular flexibility index (Phi) is 4.25. The molecule has 0 aliphatic carbocycles. The van der Waals surface area contributed by atoms with Gasteiger partial charge in [-0.1, -0.05) is 17.7 Å². The third-order valence-corrected chi connectivity index (χ3v) is 3.17. The van der Waals surface area contributed by atoms with Crippen LogP contribution in [0.2, 0.25) is 5.02 Å². The molecule has 5 heteroatoms. The van der Waals surface area contributed by atoms with Crippen LogP contribution in [-0.2, 0) is 6.61 Å². The Morgan fingerprint density at radius 3 is 2.65 bits per heavy atom. The second-order valence-electron chi connectivity index (χ2n) is 4.31. The van der Waals surface area contributed by atoms with E-state index < -0.39 is 5.97 Å². The number of aryl methyl sites for hydroxylation is 1. The maximum atomic E-state index is 13.0. The molecule has 3 nitrogen and oxygen atoms in total. The topological polar surface area (TPSA) is 46.5 Å². The summed E-state index contributed by atoms with van der Waals surface area (Å²) in [5.74, 6) is -0.794. The van der Waals surface area contributed by atoms with Crippen LogP contribution in [0.3, 0.4) is 0 Å². The first-order chi connectivity index (χ1) is 9.47. The second kappa shape index (κ2) is 5.92. The normalized spacial score (nSPS) is 10.3. The molecule has 0 spiro atoms. The predicted octanol–water partition coefficient (Wildman–Crippen LogP) is 4.06. The fraction of sp³-hybridized carbons (Fsp3) is 0.133. The summed E-state index contributed by atoms with van der Waals surface area (Å²) in [4.78, 5) is 10.8. The molecule has 1 N–H and O–H groups in total. The van der Waals surface area contributed by atoms with Crippen LogP contribution in [0.5, 0.6) is 5.75 Å². The number of hydrogen-bond acceptors (Lipinski definition) is 2. The zero-order valence-corrected chi connectivity index (χ0v) is 11.4. The molecule has 0 unspecified atom stereocenters. The number of carbonyl (C=O) groups is 1. The van der Waals surface area contributed by atoms with E-state index in [4.69, 9.17) is 21.4 Å². The maximum absolute atomic E-state index is 13.0. The number of rotatable bonds is 4. The van der Waals surface area contributed by atoms with E-state index in [-0.39, 0.29) is 18.0 Å². The molecule has 20 heavy (non-hydrogen) atoms. The van der Waals surface area contributed by atoms with Crippen LogP contribution < -0.4 is 4.74 Å². The summed E-state index contributed by atoms with van der Waals surface area (Å²) in [5.41, 5.74) is 1.47. The zero-order chi connectivity index (χ0) is 14.7. The van der Waals surface area contributed by atoms with Gasteiger partial charge in [0.05, 0.1) is 5.56 Å². The van der Waals surface area contributed by atoms with E-state index >= 15 is 0 Å². The highest BCUT2D eigenvalue weighted by Crippen LogP contribution is 2.23. The van der Waals surface area contributed by atoms with E-state index in [0.29, 0.717) is 21.9 Å². The molecule has 0 amide bonds. The number of carboxylic acid groups (broad SMARTS) is 1. The van der Waals surface area contributed by atoms with Crippen LogP contribution in [0, 0.1) is 12.7 Å². The molecule has 0 atom stereocenters. The first kappa shape index (κ1) is 14.3. The fourth-order valence-electron chi connectivity index (χ4n) is 1.73. The Morgan fingerprint density at radius 1 is 1.30 bits per heavy atom. The average Bonchev–Trinajstić information content (AvgIpc) is 2.38. The van der Waals surface area contributed by atoms with Crippen LogP contribution in [0.15, 0.2) is 36.4 Å². The Hall–Kier alpha value is -2.07. The number of hydrogen-bond donors (Lipinski definition) is 1. The molecule has 0 saturated carbocycles. The van der Waals surface area contributed by atoms with Crippen molar-refractivity contribution >= 4 is 17.6 Å². The Morgan fingerprint density at radius 2 is 2.05 bits per heavy atom. The molecule has 0 aliphatic heterocycles. The van der Waals surface area contributed by atoms with Crippen molar-refractivity contribution in [1.29, 1.82) is 0 Å². The lowest BCUT2D eigenvalue weighted by Gasteiger charge is -2.10. The van der Waals surface area contributed by atoms with Crippen LogP contribution in [-0.4, -0.2) is 11.1 Å². The zero-order valence-electron chi connectivity index (χ0n) is 10.7. The number of ether oxygens (including phenoxy) is 1. The molecule has 104 valence electrons. The van der Waals surface area contributed by atoms with Gasteiger partial charge in [-0.15, -0.1) is 0 Å². The summed E-state index contributed by atoms with van der Waals surface area (Å²) in [7, 11) is 0. The van der Waals surface area contributed by atoms with Crippen molar-refractivity contribution in [3.8, 4) is 5.75 Å². The van der Waals surface area contributed by atoms with Crippen molar-refractivity contribution in [3.63, 3.8) is 0 Å². The highest BCUT2D eigenvalue weighted by Gasteiger charge is 2.08. The highest BCUT2D eigenvalue weighted by molar-refractivity contribution is 6.31. The number of halogens is 2. The summed E-state index contributed by atoms with van der Waals surface area (Å²) in [6.45, 7) is 1.93. The van der Waals surface area contributed by atoms with Crippen LogP contribution >= 0.6 is 11.6 Å². The minimum Gasteiger partial charge on any atom is -0.489 e. The summed E-state index contributed by atoms with van der Waals surface area (Å²) in [5, 5.41) is 9.17. The summed E-state index contributed by atoms with van der Waals surface area (Å²) in [6, 6.07) is 8.68. The van der Waals surface area contributed by atoms with Crippen LogP contribution in [0.1, 0.15) is 21.5 Å². The minimum atomic E-state index is -1.03. The molecule has 0 saturated heterocycles. The molecule has 0 fully saturated rings. The van der Waals surface area contributed by atoms with Crippen molar-refractivity contribution in [3.05, 3.63) is 63.9 Å². The van der Waals surface area contributed by atoms with Gasteiger partial charge in [-0.3, -0.25) is 0 Å². The van der Waals surface area contributed by atoms with E-state index in [1.54, 1.807) is 19.1 Å². The van der Waals surface area contributed by atoms with Crippen molar-refractivity contribution in [2.75, 3.05) is 0 Å². The number of benzene rings is 2. The van der Waals surface area contributed by atoms with E-state index in [9.17, 15) is 9.18 Å². The average molecular weight is 295 g/mol. The third-order valence-electron chi connectivity index (χ3n) is 2.82. The molecule has 0 aromatic heterocycles. The lowest BCUT2D eigenvalue weighted by Crippen LogP contribution is -2.01. The van der Waals surface area contributed by atoms with Gasteiger partial charge in [0.25, 0.3) is 0 Å². The fourth-order valence-corrected chi connectivity index (χ4v) is 1.96. The van der Waals surface area contributed by atoms with Crippen molar-refractivity contribution in [1.82, 2.24) is 0 Å². The first-order valence-corrected chi connectivity index (χ1v) is 6.26. The molecule has 2 aromatic carbocycles. The van der Waals surface area contributed by atoms with Gasteiger partial charge in [0.15, 0.2) is 0 Å². The molecule has 0 bridgehead atoms. The Balaban J connectivity index is 2.13. The highest BCUT2D eigenvalue weighted by atomic mass is 35.5. The second-order valence-corrected chi connectivity index (χ2v) is 4.72. The quantitative estimate of drug-likeness (QED) is 0.925. The molecule has 2 rings (SSSR count).